The van der Waals surface area contributed by atoms with Crippen LogP contribution in [-0.2, 0) is 0 Å². The summed E-state index contributed by atoms with van der Waals surface area (Å²) < 4.78 is 0. The molecule has 114 valence electrons. The van der Waals surface area contributed by atoms with Gasteiger partial charge in [-0.15, -0.1) is 0 Å². The SMILES string of the molecule is CCC1CCCC(Nc2ccc(N3CCNC3=O)cc2)C1. The van der Waals surface area contributed by atoms with Crippen molar-refractivity contribution < 1.29 is 4.79 Å². The number of rotatable bonds is 4. The number of hydrogen-bond acceptors (Lipinski definition) is 2. The first-order chi connectivity index (χ1) is 10.3. The van der Waals surface area contributed by atoms with Gasteiger partial charge in [0.25, 0.3) is 0 Å². The van der Waals surface area contributed by atoms with Gasteiger partial charge in [0, 0.05) is 30.5 Å². The van der Waals surface area contributed by atoms with Crippen molar-refractivity contribution in [2.45, 2.75) is 45.1 Å². The van der Waals surface area contributed by atoms with E-state index in [0.29, 0.717) is 6.04 Å². The lowest BCUT2D eigenvalue weighted by Gasteiger charge is -2.30. The molecule has 1 aliphatic heterocycles. The van der Waals surface area contributed by atoms with Crippen molar-refractivity contribution in [2.75, 3.05) is 23.3 Å². The predicted molar refractivity (Wildman–Crippen MR) is 86.8 cm³/mol. The first kappa shape index (κ1) is 14.2. The number of benzene rings is 1. The van der Waals surface area contributed by atoms with Crippen molar-refractivity contribution in [1.82, 2.24) is 5.32 Å². The fraction of sp³-hybridized carbons (Fsp3) is 0.588. The normalized spacial score (nSPS) is 25.8. The third-order valence-electron chi connectivity index (χ3n) is 4.77. The van der Waals surface area contributed by atoms with Gasteiger partial charge >= 0.3 is 6.03 Å². The second kappa shape index (κ2) is 6.37. The molecule has 0 bridgehead atoms. The molecule has 4 heteroatoms. The highest BCUT2D eigenvalue weighted by molar-refractivity contribution is 5.94. The standard InChI is InChI=1S/C17H25N3O/c1-2-13-4-3-5-15(12-13)19-14-6-8-16(9-7-14)20-11-10-18-17(20)21/h6-9,13,15,19H,2-5,10-12H2,1H3,(H,18,21). The summed E-state index contributed by atoms with van der Waals surface area (Å²) in [6, 6.07) is 8.87. The zero-order valence-corrected chi connectivity index (χ0v) is 12.8. The molecule has 1 aromatic carbocycles. The number of amides is 2. The van der Waals surface area contributed by atoms with Crippen molar-refractivity contribution in [2.24, 2.45) is 5.92 Å². The van der Waals surface area contributed by atoms with E-state index in [9.17, 15) is 4.79 Å². The quantitative estimate of drug-likeness (QED) is 0.888. The summed E-state index contributed by atoms with van der Waals surface area (Å²) in [5.41, 5.74) is 2.14. The van der Waals surface area contributed by atoms with Crippen LogP contribution in [0.4, 0.5) is 16.2 Å². The Bertz CT molecular complexity index is 485. The summed E-state index contributed by atoms with van der Waals surface area (Å²) in [5.74, 6) is 0.879. The van der Waals surface area contributed by atoms with E-state index >= 15 is 0 Å². The minimum absolute atomic E-state index is 0.00813. The van der Waals surface area contributed by atoms with Crippen LogP contribution in [0.5, 0.6) is 0 Å². The fourth-order valence-electron chi connectivity index (χ4n) is 3.48. The molecular formula is C17H25N3O. The van der Waals surface area contributed by atoms with Gasteiger partial charge in [-0.3, -0.25) is 4.90 Å². The van der Waals surface area contributed by atoms with Crippen LogP contribution in [0.1, 0.15) is 39.0 Å². The average molecular weight is 287 g/mol. The molecule has 1 aromatic rings. The monoisotopic (exact) mass is 287 g/mol. The summed E-state index contributed by atoms with van der Waals surface area (Å²) in [7, 11) is 0. The van der Waals surface area contributed by atoms with Crippen molar-refractivity contribution >= 4 is 17.4 Å². The predicted octanol–water partition coefficient (Wildman–Crippen LogP) is 3.60. The van der Waals surface area contributed by atoms with Crippen molar-refractivity contribution in [3.8, 4) is 0 Å². The van der Waals surface area contributed by atoms with Crippen LogP contribution in [0.3, 0.4) is 0 Å². The molecule has 1 saturated heterocycles. The van der Waals surface area contributed by atoms with E-state index in [4.69, 9.17) is 0 Å². The molecule has 3 rings (SSSR count). The molecule has 4 nitrogen and oxygen atoms in total. The van der Waals surface area contributed by atoms with Gasteiger partial charge < -0.3 is 10.6 Å². The molecule has 1 saturated carbocycles. The maximum Gasteiger partial charge on any atom is 0.321 e. The van der Waals surface area contributed by atoms with Gasteiger partial charge in [0.15, 0.2) is 0 Å². The Kier molecular flexibility index (Phi) is 4.32. The number of carbonyl (C=O) groups excluding carboxylic acids is 1. The van der Waals surface area contributed by atoms with E-state index in [1.165, 1.54) is 37.8 Å². The second-order valence-electron chi connectivity index (χ2n) is 6.21. The lowest BCUT2D eigenvalue weighted by atomic mass is 9.84. The van der Waals surface area contributed by atoms with Gasteiger partial charge in [-0.25, -0.2) is 4.79 Å². The maximum absolute atomic E-state index is 11.6. The first-order valence-corrected chi connectivity index (χ1v) is 8.18. The molecular weight excluding hydrogens is 262 g/mol. The fourth-order valence-corrected chi connectivity index (χ4v) is 3.48. The molecule has 2 atom stereocenters. The van der Waals surface area contributed by atoms with E-state index in [2.05, 4.69) is 29.7 Å². The molecule has 2 unspecified atom stereocenters. The highest BCUT2D eigenvalue weighted by Crippen LogP contribution is 2.29. The van der Waals surface area contributed by atoms with E-state index in [0.717, 1.165) is 24.7 Å². The highest BCUT2D eigenvalue weighted by Gasteiger charge is 2.22. The van der Waals surface area contributed by atoms with Crippen molar-refractivity contribution in [3.63, 3.8) is 0 Å². The number of urea groups is 1. The Morgan fingerprint density at radius 3 is 2.76 bits per heavy atom. The smallest absolute Gasteiger partial charge is 0.321 e. The Morgan fingerprint density at radius 2 is 2.10 bits per heavy atom. The number of carbonyl (C=O) groups is 1. The lowest BCUT2D eigenvalue weighted by molar-refractivity contribution is 0.252. The van der Waals surface area contributed by atoms with Gasteiger partial charge in [-0.05, 0) is 43.0 Å². The molecule has 2 fully saturated rings. The van der Waals surface area contributed by atoms with E-state index < -0.39 is 0 Å². The third-order valence-corrected chi connectivity index (χ3v) is 4.77. The van der Waals surface area contributed by atoms with E-state index in [1.807, 2.05) is 12.1 Å². The molecule has 1 heterocycles. The summed E-state index contributed by atoms with van der Waals surface area (Å²) in [5, 5.41) is 6.49. The van der Waals surface area contributed by atoms with Crippen LogP contribution < -0.4 is 15.5 Å². The Hall–Kier alpha value is -1.71. The minimum Gasteiger partial charge on any atom is -0.382 e. The van der Waals surface area contributed by atoms with Crippen molar-refractivity contribution in [3.05, 3.63) is 24.3 Å². The molecule has 2 amide bonds. The lowest BCUT2D eigenvalue weighted by Crippen LogP contribution is -2.28. The molecule has 0 radical (unpaired) electrons. The molecule has 0 aromatic heterocycles. The van der Waals surface area contributed by atoms with Gasteiger partial charge in [0.2, 0.25) is 0 Å². The van der Waals surface area contributed by atoms with E-state index in [-0.39, 0.29) is 6.03 Å². The Balaban J connectivity index is 1.60. The van der Waals surface area contributed by atoms with E-state index in [1.54, 1.807) is 4.90 Å². The molecule has 1 aliphatic carbocycles. The summed E-state index contributed by atoms with van der Waals surface area (Å²) in [6.07, 6.45) is 6.57. The zero-order chi connectivity index (χ0) is 14.7. The van der Waals surface area contributed by atoms with Crippen LogP contribution in [0.2, 0.25) is 0 Å². The van der Waals surface area contributed by atoms with Gasteiger partial charge in [0.05, 0.1) is 0 Å². The number of nitrogens with zero attached hydrogens (tertiary/aromatic N) is 1. The summed E-state index contributed by atoms with van der Waals surface area (Å²) in [4.78, 5) is 13.4. The van der Waals surface area contributed by atoms with Crippen LogP contribution in [0, 0.1) is 5.92 Å². The molecule has 2 N–H and O–H groups in total. The topological polar surface area (TPSA) is 44.4 Å². The molecule has 2 aliphatic rings. The van der Waals surface area contributed by atoms with Crippen molar-refractivity contribution in [1.29, 1.82) is 0 Å². The van der Waals surface area contributed by atoms with Gasteiger partial charge in [-0.1, -0.05) is 26.2 Å². The zero-order valence-electron chi connectivity index (χ0n) is 12.8. The van der Waals surface area contributed by atoms with Gasteiger partial charge in [-0.2, -0.15) is 0 Å². The number of nitrogens with one attached hydrogen (secondary N) is 2. The number of anilines is 2. The minimum atomic E-state index is 0.00813. The van der Waals surface area contributed by atoms with Crippen LogP contribution in [0.25, 0.3) is 0 Å². The molecule has 21 heavy (non-hydrogen) atoms. The Labute approximate surface area is 126 Å². The third kappa shape index (κ3) is 3.31. The van der Waals surface area contributed by atoms with Gasteiger partial charge in [0.1, 0.15) is 0 Å². The highest BCUT2D eigenvalue weighted by atomic mass is 16.2. The first-order valence-electron chi connectivity index (χ1n) is 8.18. The molecule has 0 spiro atoms. The number of hydrogen-bond donors (Lipinski definition) is 2. The average Bonchev–Trinajstić information content (AvgIpc) is 2.94. The Morgan fingerprint density at radius 1 is 1.29 bits per heavy atom. The summed E-state index contributed by atoms with van der Waals surface area (Å²) >= 11 is 0. The van der Waals surface area contributed by atoms with Crippen LogP contribution >= 0.6 is 0 Å². The van der Waals surface area contributed by atoms with Crippen LogP contribution in [-0.4, -0.2) is 25.2 Å². The summed E-state index contributed by atoms with van der Waals surface area (Å²) in [6.45, 7) is 3.79. The maximum atomic E-state index is 11.6. The largest absolute Gasteiger partial charge is 0.382 e. The van der Waals surface area contributed by atoms with Crippen LogP contribution in [0.15, 0.2) is 24.3 Å². The second-order valence-corrected chi connectivity index (χ2v) is 6.21.